The minimum atomic E-state index is -0.630. The second-order valence-corrected chi connectivity index (χ2v) is 8.54. The molecule has 7 heteroatoms. The molecule has 30 heavy (non-hydrogen) atoms. The maximum atomic E-state index is 12.2. The van der Waals surface area contributed by atoms with E-state index in [1.807, 2.05) is 72.8 Å². The van der Waals surface area contributed by atoms with Crippen LogP contribution in [0.5, 0.6) is 5.75 Å². The second-order valence-electron chi connectivity index (χ2n) is 6.71. The molecule has 0 aliphatic carbocycles. The molecule has 0 unspecified atom stereocenters. The lowest BCUT2D eigenvalue weighted by atomic mass is 10.2. The van der Waals surface area contributed by atoms with Gasteiger partial charge >= 0.3 is 0 Å². The van der Waals surface area contributed by atoms with Crippen LogP contribution in [0.4, 0.5) is 0 Å². The largest absolute Gasteiger partial charge is 0.488 e. The van der Waals surface area contributed by atoms with Crippen LogP contribution in [0.25, 0.3) is 0 Å². The SMILES string of the molecule is CC(=O)N1N=C(c2ccccc2OCc2ccc(Br)cc2)O[C@H]1c1cccc(Br)c1. The molecule has 1 aliphatic heterocycles. The lowest BCUT2D eigenvalue weighted by Gasteiger charge is -2.19. The predicted octanol–water partition coefficient (Wildman–Crippen LogP) is 6.03. The van der Waals surface area contributed by atoms with E-state index in [2.05, 4.69) is 37.0 Å². The fraction of sp³-hybridized carbons (Fsp3) is 0.130. The average Bonchev–Trinajstić information content (AvgIpc) is 3.19. The van der Waals surface area contributed by atoms with Crippen molar-refractivity contribution < 1.29 is 14.3 Å². The molecular weight excluding hydrogens is 512 g/mol. The van der Waals surface area contributed by atoms with Gasteiger partial charge in [0, 0.05) is 21.4 Å². The number of amides is 1. The third kappa shape index (κ3) is 4.57. The van der Waals surface area contributed by atoms with Crippen LogP contribution in [0.2, 0.25) is 0 Å². The summed E-state index contributed by atoms with van der Waals surface area (Å²) in [6.07, 6.45) is -0.630. The van der Waals surface area contributed by atoms with Gasteiger partial charge in [0.05, 0.1) is 5.56 Å². The molecule has 0 N–H and O–H groups in total. The van der Waals surface area contributed by atoms with Gasteiger partial charge in [-0.1, -0.05) is 68.3 Å². The van der Waals surface area contributed by atoms with E-state index >= 15 is 0 Å². The summed E-state index contributed by atoms with van der Waals surface area (Å²) in [4.78, 5) is 12.2. The molecule has 5 nitrogen and oxygen atoms in total. The van der Waals surface area contributed by atoms with E-state index in [0.29, 0.717) is 23.8 Å². The Morgan fingerprint density at radius 3 is 2.53 bits per heavy atom. The summed E-state index contributed by atoms with van der Waals surface area (Å²) < 4.78 is 14.1. The Balaban J connectivity index is 1.59. The number of ether oxygens (including phenoxy) is 2. The highest BCUT2D eigenvalue weighted by Gasteiger charge is 2.34. The number of hydrazone groups is 1. The second kappa shape index (κ2) is 9.02. The number of carbonyl (C=O) groups is 1. The molecule has 0 spiro atoms. The van der Waals surface area contributed by atoms with E-state index < -0.39 is 6.23 Å². The molecule has 1 aliphatic rings. The standard InChI is InChI=1S/C23H18Br2N2O3/c1-15(28)27-23(17-5-4-6-19(25)13-17)30-22(26-27)20-7-2-3-8-21(20)29-14-16-9-11-18(24)12-10-16/h2-13,23H,14H2,1H3/t23-/m0/s1. The molecule has 0 radical (unpaired) electrons. The highest BCUT2D eigenvalue weighted by atomic mass is 79.9. The maximum absolute atomic E-state index is 12.2. The minimum Gasteiger partial charge on any atom is -0.488 e. The maximum Gasteiger partial charge on any atom is 0.244 e. The van der Waals surface area contributed by atoms with Gasteiger partial charge in [-0.05, 0) is 42.0 Å². The van der Waals surface area contributed by atoms with E-state index in [4.69, 9.17) is 9.47 Å². The highest BCUT2D eigenvalue weighted by Crippen LogP contribution is 2.33. The molecular formula is C23H18Br2N2O3. The summed E-state index contributed by atoms with van der Waals surface area (Å²) >= 11 is 6.90. The monoisotopic (exact) mass is 528 g/mol. The smallest absolute Gasteiger partial charge is 0.244 e. The average molecular weight is 530 g/mol. The number of hydrogen-bond donors (Lipinski definition) is 0. The Morgan fingerprint density at radius 2 is 1.80 bits per heavy atom. The molecule has 0 saturated carbocycles. The zero-order valence-electron chi connectivity index (χ0n) is 16.1. The first-order valence-electron chi connectivity index (χ1n) is 9.28. The lowest BCUT2D eigenvalue weighted by molar-refractivity contribution is -0.135. The van der Waals surface area contributed by atoms with Crippen molar-refractivity contribution in [3.8, 4) is 5.75 Å². The van der Waals surface area contributed by atoms with Crippen LogP contribution in [-0.2, 0) is 16.1 Å². The number of rotatable bonds is 5. The first-order chi connectivity index (χ1) is 14.5. The summed E-state index contributed by atoms with van der Waals surface area (Å²) in [5.74, 6) is 0.780. The summed E-state index contributed by atoms with van der Waals surface area (Å²) in [5.41, 5.74) is 2.56. The van der Waals surface area contributed by atoms with Crippen molar-refractivity contribution >= 4 is 43.7 Å². The van der Waals surface area contributed by atoms with Gasteiger partial charge < -0.3 is 9.47 Å². The predicted molar refractivity (Wildman–Crippen MR) is 122 cm³/mol. The number of para-hydroxylation sites is 1. The Morgan fingerprint density at radius 1 is 1.03 bits per heavy atom. The van der Waals surface area contributed by atoms with Crippen LogP contribution in [-0.4, -0.2) is 16.8 Å². The fourth-order valence-corrected chi connectivity index (χ4v) is 3.74. The third-order valence-corrected chi connectivity index (χ3v) is 5.55. The summed E-state index contributed by atoms with van der Waals surface area (Å²) in [5, 5.41) is 5.80. The highest BCUT2D eigenvalue weighted by molar-refractivity contribution is 9.10. The summed E-state index contributed by atoms with van der Waals surface area (Å²) in [7, 11) is 0. The van der Waals surface area contributed by atoms with E-state index in [1.165, 1.54) is 11.9 Å². The van der Waals surface area contributed by atoms with Gasteiger partial charge in [-0.2, -0.15) is 5.01 Å². The number of nitrogens with zero attached hydrogens (tertiary/aromatic N) is 2. The first kappa shape index (κ1) is 20.6. The minimum absolute atomic E-state index is 0.205. The summed E-state index contributed by atoms with van der Waals surface area (Å²) in [6.45, 7) is 1.87. The number of benzene rings is 3. The van der Waals surface area contributed by atoms with Crippen molar-refractivity contribution in [3.05, 3.63) is 98.4 Å². The van der Waals surface area contributed by atoms with Gasteiger partial charge in [0.2, 0.25) is 18.0 Å². The fourth-order valence-electron chi connectivity index (χ4n) is 3.06. The number of carbonyl (C=O) groups excluding carboxylic acids is 1. The quantitative estimate of drug-likeness (QED) is 0.405. The van der Waals surface area contributed by atoms with Gasteiger partial charge in [0.25, 0.3) is 0 Å². The van der Waals surface area contributed by atoms with Crippen LogP contribution in [0, 0.1) is 0 Å². The van der Waals surface area contributed by atoms with Gasteiger partial charge in [-0.3, -0.25) is 4.79 Å². The van der Waals surface area contributed by atoms with E-state index in [1.54, 1.807) is 0 Å². The molecule has 152 valence electrons. The molecule has 0 aromatic heterocycles. The van der Waals surface area contributed by atoms with Crippen LogP contribution in [0.3, 0.4) is 0 Å². The number of halogens is 2. The van der Waals surface area contributed by atoms with Crippen molar-refractivity contribution in [3.63, 3.8) is 0 Å². The van der Waals surface area contributed by atoms with Gasteiger partial charge in [-0.25, -0.2) is 0 Å². The Labute approximate surface area is 191 Å². The molecule has 3 aromatic carbocycles. The Hall–Kier alpha value is -2.64. The van der Waals surface area contributed by atoms with Crippen LogP contribution in [0.1, 0.15) is 29.8 Å². The molecule has 4 rings (SSSR count). The molecule has 0 fully saturated rings. The topological polar surface area (TPSA) is 51.1 Å². The zero-order chi connectivity index (χ0) is 21.1. The van der Waals surface area contributed by atoms with Crippen LogP contribution < -0.4 is 4.74 Å². The van der Waals surface area contributed by atoms with E-state index in [-0.39, 0.29) is 5.91 Å². The molecule has 1 amide bonds. The van der Waals surface area contributed by atoms with Gasteiger partial charge in [0.1, 0.15) is 12.4 Å². The molecule has 1 heterocycles. The van der Waals surface area contributed by atoms with Gasteiger partial charge in [0.15, 0.2) is 0 Å². The normalized spacial score (nSPS) is 15.5. The number of hydrogen-bond acceptors (Lipinski definition) is 4. The lowest BCUT2D eigenvalue weighted by Crippen LogP contribution is -2.25. The molecule has 3 aromatic rings. The zero-order valence-corrected chi connectivity index (χ0v) is 19.3. The van der Waals surface area contributed by atoms with Crippen molar-refractivity contribution in [1.29, 1.82) is 0 Å². The van der Waals surface area contributed by atoms with Crippen molar-refractivity contribution in [2.45, 2.75) is 19.8 Å². The van der Waals surface area contributed by atoms with Crippen molar-refractivity contribution in [2.75, 3.05) is 0 Å². The van der Waals surface area contributed by atoms with Gasteiger partial charge in [-0.15, -0.1) is 5.10 Å². The molecule has 0 bridgehead atoms. The van der Waals surface area contributed by atoms with Crippen molar-refractivity contribution in [1.82, 2.24) is 5.01 Å². The van der Waals surface area contributed by atoms with E-state index in [9.17, 15) is 4.79 Å². The first-order valence-corrected chi connectivity index (χ1v) is 10.9. The van der Waals surface area contributed by atoms with Crippen LogP contribution in [0.15, 0.2) is 86.8 Å². The third-order valence-electron chi connectivity index (χ3n) is 4.53. The van der Waals surface area contributed by atoms with E-state index in [0.717, 1.165) is 20.1 Å². The van der Waals surface area contributed by atoms with Crippen molar-refractivity contribution in [2.24, 2.45) is 5.10 Å². The Kier molecular flexibility index (Phi) is 6.20. The Bertz CT molecular complexity index is 1100. The summed E-state index contributed by atoms with van der Waals surface area (Å²) in [6, 6.07) is 23.1. The molecule has 1 atom stereocenters. The van der Waals surface area contributed by atoms with Crippen LogP contribution >= 0.6 is 31.9 Å². The molecule has 0 saturated heterocycles.